The first-order valence-corrected chi connectivity index (χ1v) is 4.98. The van der Waals surface area contributed by atoms with E-state index in [0.29, 0.717) is 12.1 Å². The zero-order valence-electron chi connectivity index (χ0n) is 8.59. The fourth-order valence-electron chi connectivity index (χ4n) is 1.63. The molecule has 4 heteroatoms. The van der Waals surface area contributed by atoms with Gasteiger partial charge in [0.05, 0.1) is 5.69 Å². The van der Waals surface area contributed by atoms with E-state index in [4.69, 9.17) is 5.11 Å². The van der Waals surface area contributed by atoms with Crippen LogP contribution in [-0.4, -0.2) is 23.5 Å². The molecular weight excluding hydrogens is 206 g/mol. The van der Waals surface area contributed by atoms with Crippen LogP contribution in [0.4, 0.5) is 5.69 Å². The van der Waals surface area contributed by atoms with Gasteiger partial charge >= 0.3 is 0 Å². The number of rotatable bonds is 3. The fraction of sp³-hybridized carbons (Fsp3) is 0.167. The molecule has 4 nitrogen and oxygen atoms in total. The number of aliphatic hydroxyl groups is 1. The van der Waals surface area contributed by atoms with E-state index in [1.807, 2.05) is 6.07 Å². The topological polar surface area (TPSA) is 57.6 Å². The van der Waals surface area contributed by atoms with Gasteiger partial charge < -0.3 is 5.11 Å². The monoisotopic (exact) mass is 217 g/mol. The molecule has 0 radical (unpaired) electrons. The van der Waals surface area contributed by atoms with Crippen LogP contribution in [0.25, 0.3) is 0 Å². The Kier molecular flexibility index (Phi) is 2.83. The van der Waals surface area contributed by atoms with E-state index in [0.717, 1.165) is 10.5 Å². The Morgan fingerprint density at radius 3 is 2.44 bits per heavy atom. The molecule has 1 N–H and O–H groups in total. The van der Waals surface area contributed by atoms with E-state index >= 15 is 0 Å². The lowest BCUT2D eigenvalue weighted by Crippen LogP contribution is -2.29. The predicted octanol–water partition coefficient (Wildman–Crippen LogP) is 0.651. The number of carbonyl (C=O) groups is 2. The van der Waals surface area contributed by atoms with Gasteiger partial charge in [-0.2, -0.15) is 0 Å². The van der Waals surface area contributed by atoms with Crippen LogP contribution in [0.3, 0.4) is 0 Å². The summed E-state index contributed by atoms with van der Waals surface area (Å²) in [4.78, 5) is 24.0. The summed E-state index contributed by atoms with van der Waals surface area (Å²) < 4.78 is 0. The second-order valence-electron chi connectivity index (χ2n) is 3.49. The molecule has 0 fully saturated rings. The molecule has 0 saturated heterocycles. The van der Waals surface area contributed by atoms with Gasteiger partial charge in [-0.25, -0.2) is 4.90 Å². The van der Waals surface area contributed by atoms with E-state index in [9.17, 15) is 9.59 Å². The molecule has 1 aliphatic rings. The second-order valence-corrected chi connectivity index (χ2v) is 3.49. The SMILES string of the molecule is O=C1C=CC(=O)N1c1cccc(CCO)c1. The van der Waals surface area contributed by atoms with Gasteiger partial charge in [-0.1, -0.05) is 12.1 Å². The van der Waals surface area contributed by atoms with Gasteiger partial charge in [-0.15, -0.1) is 0 Å². The molecule has 82 valence electrons. The van der Waals surface area contributed by atoms with Crippen LogP contribution in [0.5, 0.6) is 0 Å². The highest BCUT2D eigenvalue weighted by Gasteiger charge is 2.24. The number of anilines is 1. The van der Waals surface area contributed by atoms with Crippen molar-refractivity contribution in [1.82, 2.24) is 0 Å². The lowest BCUT2D eigenvalue weighted by atomic mass is 10.1. The third kappa shape index (κ3) is 1.87. The van der Waals surface area contributed by atoms with E-state index in [1.54, 1.807) is 18.2 Å². The standard InChI is InChI=1S/C12H11NO3/c14-7-6-9-2-1-3-10(8-9)13-11(15)4-5-12(13)16/h1-5,8,14H,6-7H2. The van der Waals surface area contributed by atoms with Gasteiger partial charge in [0.25, 0.3) is 11.8 Å². The normalized spacial score (nSPS) is 14.9. The molecule has 1 aliphatic heterocycles. The van der Waals surface area contributed by atoms with E-state index < -0.39 is 0 Å². The number of hydrogen-bond donors (Lipinski definition) is 1. The minimum Gasteiger partial charge on any atom is -0.396 e. The van der Waals surface area contributed by atoms with Gasteiger partial charge in [0.15, 0.2) is 0 Å². The van der Waals surface area contributed by atoms with Gasteiger partial charge in [0, 0.05) is 18.8 Å². The number of carbonyl (C=O) groups excluding carboxylic acids is 2. The Morgan fingerprint density at radius 2 is 1.81 bits per heavy atom. The summed E-state index contributed by atoms with van der Waals surface area (Å²) in [5.74, 6) is -0.655. The summed E-state index contributed by atoms with van der Waals surface area (Å²) in [6.45, 7) is 0.0452. The minimum absolute atomic E-state index is 0.0452. The predicted molar refractivity (Wildman–Crippen MR) is 58.9 cm³/mol. The van der Waals surface area contributed by atoms with Gasteiger partial charge in [0.1, 0.15) is 0 Å². The van der Waals surface area contributed by atoms with Crippen molar-refractivity contribution in [2.75, 3.05) is 11.5 Å². The van der Waals surface area contributed by atoms with Crippen molar-refractivity contribution in [3.63, 3.8) is 0 Å². The van der Waals surface area contributed by atoms with Crippen LogP contribution in [0.2, 0.25) is 0 Å². The molecule has 0 saturated carbocycles. The van der Waals surface area contributed by atoms with E-state index in [-0.39, 0.29) is 18.4 Å². The molecule has 0 aliphatic carbocycles. The zero-order chi connectivity index (χ0) is 11.5. The first-order chi connectivity index (χ1) is 7.72. The maximum absolute atomic E-state index is 11.4. The third-order valence-corrected chi connectivity index (χ3v) is 2.38. The highest BCUT2D eigenvalue weighted by Crippen LogP contribution is 2.20. The minimum atomic E-state index is -0.328. The molecular formula is C12H11NO3. The van der Waals surface area contributed by atoms with Crippen molar-refractivity contribution in [3.8, 4) is 0 Å². The third-order valence-electron chi connectivity index (χ3n) is 2.38. The summed E-state index contributed by atoms with van der Waals surface area (Å²) in [6.07, 6.45) is 3.01. The number of benzene rings is 1. The largest absolute Gasteiger partial charge is 0.396 e. The summed E-state index contributed by atoms with van der Waals surface area (Å²) in [7, 11) is 0. The van der Waals surface area contributed by atoms with Crippen LogP contribution in [-0.2, 0) is 16.0 Å². The van der Waals surface area contributed by atoms with Crippen LogP contribution in [0, 0.1) is 0 Å². The molecule has 0 bridgehead atoms. The van der Waals surface area contributed by atoms with E-state index in [2.05, 4.69) is 0 Å². The highest BCUT2D eigenvalue weighted by atomic mass is 16.3. The Labute approximate surface area is 92.8 Å². The molecule has 1 aromatic rings. The van der Waals surface area contributed by atoms with E-state index in [1.165, 1.54) is 12.2 Å². The van der Waals surface area contributed by atoms with Gasteiger partial charge in [-0.3, -0.25) is 9.59 Å². The Hall–Kier alpha value is -1.94. The summed E-state index contributed by atoms with van der Waals surface area (Å²) >= 11 is 0. The summed E-state index contributed by atoms with van der Waals surface area (Å²) in [5, 5.41) is 8.82. The van der Waals surface area contributed by atoms with Crippen LogP contribution in [0.15, 0.2) is 36.4 Å². The van der Waals surface area contributed by atoms with Crippen LogP contribution in [0.1, 0.15) is 5.56 Å². The van der Waals surface area contributed by atoms with Gasteiger partial charge in [-0.05, 0) is 24.1 Å². The lowest BCUT2D eigenvalue weighted by Gasteiger charge is -2.14. The molecule has 1 aromatic carbocycles. The van der Waals surface area contributed by atoms with Crippen molar-refractivity contribution in [1.29, 1.82) is 0 Å². The summed E-state index contributed by atoms with van der Waals surface area (Å²) in [5.41, 5.74) is 1.44. The van der Waals surface area contributed by atoms with Crippen molar-refractivity contribution in [3.05, 3.63) is 42.0 Å². The molecule has 0 atom stereocenters. The van der Waals surface area contributed by atoms with Crippen molar-refractivity contribution in [2.45, 2.75) is 6.42 Å². The van der Waals surface area contributed by atoms with Crippen molar-refractivity contribution in [2.24, 2.45) is 0 Å². The average Bonchev–Trinajstić information content (AvgIpc) is 2.59. The van der Waals surface area contributed by atoms with Crippen LogP contribution >= 0.6 is 0 Å². The molecule has 0 unspecified atom stereocenters. The van der Waals surface area contributed by atoms with Crippen molar-refractivity contribution < 1.29 is 14.7 Å². The number of nitrogens with zero attached hydrogens (tertiary/aromatic N) is 1. The maximum Gasteiger partial charge on any atom is 0.258 e. The molecule has 16 heavy (non-hydrogen) atoms. The number of imide groups is 1. The summed E-state index contributed by atoms with van der Waals surface area (Å²) in [6, 6.07) is 7.04. The Balaban J connectivity index is 2.30. The highest BCUT2D eigenvalue weighted by molar-refractivity contribution is 6.28. The zero-order valence-corrected chi connectivity index (χ0v) is 8.59. The Morgan fingerprint density at radius 1 is 1.12 bits per heavy atom. The second kappa shape index (κ2) is 4.28. The first-order valence-electron chi connectivity index (χ1n) is 4.98. The number of aliphatic hydroxyl groups excluding tert-OH is 1. The van der Waals surface area contributed by atoms with Crippen LogP contribution < -0.4 is 4.90 Å². The maximum atomic E-state index is 11.4. The van der Waals surface area contributed by atoms with Crippen molar-refractivity contribution >= 4 is 17.5 Å². The van der Waals surface area contributed by atoms with Gasteiger partial charge in [0.2, 0.25) is 0 Å². The smallest absolute Gasteiger partial charge is 0.258 e. The molecule has 1 heterocycles. The lowest BCUT2D eigenvalue weighted by molar-refractivity contribution is -0.119. The number of amides is 2. The molecule has 2 amide bonds. The Bertz CT molecular complexity index is 447. The molecule has 0 aromatic heterocycles. The fourth-order valence-corrected chi connectivity index (χ4v) is 1.63. The first kappa shape index (κ1) is 10.6. The molecule has 0 spiro atoms. The quantitative estimate of drug-likeness (QED) is 0.756. The molecule has 2 rings (SSSR count). The number of hydrogen-bond acceptors (Lipinski definition) is 3. The average molecular weight is 217 g/mol.